The molecule has 176 valence electrons. The van der Waals surface area contributed by atoms with Crippen LogP contribution in [-0.4, -0.2) is 47.2 Å². The lowest BCUT2D eigenvalue weighted by Crippen LogP contribution is -2.36. The predicted octanol–water partition coefficient (Wildman–Crippen LogP) is 3.63. The Morgan fingerprint density at radius 2 is 1.71 bits per heavy atom. The molecule has 0 bridgehead atoms. The number of carbonyl (C=O) groups excluding carboxylic acids is 1. The van der Waals surface area contributed by atoms with Crippen LogP contribution in [0.1, 0.15) is 5.56 Å². The van der Waals surface area contributed by atoms with Gasteiger partial charge in [0, 0.05) is 18.8 Å². The summed E-state index contributed by atoms with van der Waals surface area (Å²) in [5.74, 6) is -0.338. The van der Waals surface area contributed by atoms with E-state index in [0.29, 0.717) is 48.9 Å². The van der Waals surface area contributed by atoms with Crippen LogP contribution < -0.4 is 15.0 Å². The third-order valence-corrected chi connectivity index (χ3v) is 7.51. The van der Waals surface area contributed by atoms with Gasteiger partial charge in [0.15, 0.2) is 16.4 Å². The maximum Gasteiger partial charge on any atom is 0.262 e. The van der Waals surface area contributed by atoms with E-state index >= 15 is 0 Å². The summed E-state index contributed by atoms with van der Waals surface area (Å²) in [5.41, 5.74) is 3.35. The number of rotatable bonds is 5. The quantitative estimate of drug-likeness (QED) is 0.598. The molecule has 1 amide bonds. The molecule has 9 heteroatoms. The van der Waals surface area contributed by atoms with Gasteiger partial charge in [0.05, 0.1) is 29.5 Å². The van der Waals surface area contributed by atoms with Gasteiger partial charge in [0.25, 0.3) is 5.91 Å². The minimum atomic E-state index is -3.71. The monoisotopic (exact) mass is 482 g/mol. The van der Waals surface area contributed by atoms with Gasteiger partial charge in [-0.3, -0.25) is 4.79 Å². The number of nitrogens with zero attached hydrogens (tertiary/aromatic N) is 1. The molecule has 1 saturated heterocycles. The Hall–Kier alpha value is -3.43. The largest absolute Gasteiger partial charge is 0.482 e. The summed E-state index contributed by atoms with van der Waals surface area (Å²) < 4.78 is 51.0. The molecule has 3 aromatic carbocycles. The van der Waals surface area contributed by atoms with Crippen LogP contribution in [0.3, 0.4) is 0 Å². The number of morpholine rings is 1. The Balaban J connectivity index is 1.56. The molecule has 0 radical (unpaired) electrons. The first-order chi connectivity index (χ1) is 16.4. The van der Waals surface area contributed by atoms with Gasteiger partial charge >= 0.3 is 0 Å². The lowest BCUT2D eigenvalue weighted by atomic mass is 10.0. The zero-order valence-electron chi connectivity index (χ0n) is 18.3. The highest BCUT2D eigenvalue weighted by Crippen LogP contribution is 2.36. The number of anilines is 2. The molecular formula is C25H23FN2O5S. The van der Waals surface area contributed by atoms with Crippen LogP contribution in [-0.2, 0) is 25.1 Å². The molecule has 3 aromatic rings. The third kappa shape index (κ3) is 4.76. The van der Waals surface area contributed by atoms with E-state index in [-0.39, 0.29) is 23.2 Å². The minimum Gasteiger partial charge on any atom is -0.482 e. The van der Waals surface area contributed by atoms with Crippen molar-refractivity contribution in [2.45, 2.75) is 10.6 Å². The molecule has 0 aliphatic carbocycles. The second-order valence-electron chi connectivity index (χ2n) is 8.25. The molecule has 2 aliphatic rings. The smallest absolute Gasteiger partial charge is 0.262 e. The molecule has 0 saturated carbocycles. The van der Waals surface area contributed by atoms with Crippen molar-refractivity contribution in [1.29, 1.82) is 0 Å². The minimum absolute atomic E-state index is 0.0679. The van der Waals surface area contributed by atoms with E-state index in [2.05, 4.69) is 10.2 Å². The van der Waals surface area contributed by atoms with Crippen molar-refractivity contribution in [2.24, 2.45) is 0 Å². The van der Waals surface area contributed by atoms with Crippen LogP contribution in [0.4, 0.5) is 15.8 Å². The van der Waals surface area contributed by atoms with Gasteiger partial charge in [-0.15, -0.1) is 0 Å². The summed E-state index contributed by atoms with van der Waals surface area (Å²) in [6.45, 7) is 2.37. The van der Waals surface area contributed by atoms with Crippen molar-refractivity contribution in [3.05, 3.63) is 72.0 Å². The number of benzene rings is 3. The molecule has 0 atom stereocenters. The SMILES string of the molecule is O=C1COc2cc(-c3cc(N4CCOCC4)cc(S(=O)(=O)Cc4ccc(F)cc4)c3)ccc2N1. The molecule has 0 aromatic heterocycles. The van der Waals surface area contributed by atoms with Gasteiger partial charge in [-0.25, -0.2) is 12.8 Å². The van der Waals surface area contributed by atoms with E-state index in [1.54, 1.807) is 24.3 Å². The molecule has 1 fully saturated rings. The van der Waals surface area contributed by atoms with Gasteiger partial charge in [0.2, 0.25) is 0 Å². The van der Waals surface area contributed by atoms with Crippen molar-refractivity contribution in [3.8, 4) is 16.9 Å². The van der Waals surface area contributed by atoms with Crippen molar-refractivity contribution >= 4 is 27.1 Å². The van der Waals surface area contributed by atoms with Crippen LogP contribution in [0.25, 0.3) is 11.1 Å². The zero-order chi connectivity index (χ0) is 23.7. The van der Waals surface area contributed by atoms with E-state index in [9.17, 15) is 17.6 Å². The highest BCUT2D eigenvalue weighted by Gasteiger charge is 2.22. The molecule has 7 nitrogen and oxygen atoms in total. The number of amides is 1. The fourth-order valence-corrected chi connectivity index (χ4v) is 5.48. The molecule has 2 heterocycles. The molecule has 1 N–H and O–H groups in total. The Bertz CT molecular complexity index is 1340. The topological polar surface area (TPSA) is 84.9 Å². The molecule has 0 spiro atoms. The number of fused-ring (bicyclic) bond motifs is 1. The standard InChI is InChI=1S/C25H23FN2O5S/c26-20-4-1-17(2-5-20)16-34(30,31)22-12-19(11-21(14-22)28-7-9-32-10-8-28)18-3-6-23-24(13-18)33-15-25(29)27-23/h1-6,11-14H,7-10,15-16H2,(H,27,29). The van der Waals surface area contributed by atoms with Crippen molar-refractivity contribution in [1.82, 2.24) is 0 Å². The Morgan fingerprint density at radius 1 is 0.941 bits per heavy atom. The van der Waals surface area contributed by atoms with Crippen molar-refractivity contribution in [2.75, 3.05) is 43.1 Å². The predicted molar refractivity (Wildman–Crippen MR) is 126 cm³/mol. The second-order valence-corrected chi connectivity index (χ2v) is 10.2. The van der Waals surface area contributed by atoms with Crippen molar-refractivity contribution < 1.29 is 27.1 Å². The van der Waals surface area contributed by atoms with E-state index in [0.717, 1.165) is 11.3 Å². The number of hydrogen-bond donors (Lipinski definition) is 1. The average Bonchev–Trinajstić information content (AvgIpc) is 2.85. The first kappa shape index (κ1) is 22.4. The van der Waals surface area contributed by atoms with Gasteiger partial charge in [-0.05, 0) is 59.2 Å². The Kier molecular flexibility index (Phi) is 5.97. The van der Waals surface area contributed by atoms with Crippen LogP contribution in [0.2, 0.25) is 0 Å². The fraction of sp³-hybridized carbons (Fsp3) is 0.240. The Labute approximate surface area is 197 Å². The molecular weight excluding hydrogens is 459 g/mol. The lowest BCUT2D eigenvalue weighted by molar-refractivity contribution is -0.118. The molecule has 5 rings (SSSR count). The van der Waals surface area contributed by atoms with Gasteiger partial charge < -0.3 is 19.7 Å². The Morgan fingerprint density at radius 3 is 2.47 bits per heavy atom. The molecule has 34 heavy (non-hydrogen) atoms. The maximum absolute atomic E-state index is 13.4. The number of ether oxygens (including phenoxy) is 2. The van der Waals surface area contributed by atoms with E-state index in [1.807, 2.05) is 12.1 Å². The number of sulfone groups is 1. The van der Waals surface area contributed by atoms with Gasteiger partial charge in [0.1, 0.15) is 11.6 Å². The molecule has 0 unspecified atom stereocenters. The number of halogens is 1. The number of carbonyl (C=O) groups is 1. The summed E-state index contributed by atoms with van der Waals surface area (Å²) in [7, 11) is -3.71. The third-order valence-electron chi connectivity index (χ3n) is 5.84. The summed E-state index contributed by atoms with van der Waals surface area (Å²) in [6.07, 6.45) is 0. The maximum atomic E-state index is 13.4. The first-order valence-corrected chi connectivity index (χ1v) is 12.5. The zero-order valence-corrected chi connectivity index (χ0v) is 19.1. The number of hydrogen-bond acceptors (Lipinski definition) is 6. The van der Waals surface area contributed by atoms with Gasteiger partial charge in [-0.1, -0.05) is 18.2 Å². The van der Waals surface area contributed by atoms with Crippen LogP contribution in [0.5, 0.6) is 5.75 Å². The van der Waals surface area contributed by atoms with Crippen LogP contribution in [0.15, 0.2) is 65.6 Å². The summed E-state index contributed by atoms with van der Waals surface area (Å²) >= 11 is 0. The van der Waals surface area contributed by atoms with E-state index in [4.69, 9.17) is 9.47 Å². The van der Waals surface area contributed by atoms with E-state index in [1.165, 1.54) is 24.3 Å². The summed E-state index contributed by atoms with van der Waals surface area (Å²) in [4.78, 5) is 13.9. The summed E-state index contributed by atoms with van der Waals surface area (Å²) in [6, 6.07) is 16.1. The lowest BCUT2D eigenvalue weighted by Gasteiger charge is -2.29. The van der Waals surface area contributed by atoms with Crippen LogP contribution in [0, 0.1) is 5.82 Å². The average molecular weight is 483 g/mol. The fourth-order valence-electron chi connectivity index (χ4n) is 4.07. The van der Waals surface area contributed by atoms with E-state index < -0.39 is 15.7 Å². The normalized spacial score (nSPS) is 15.9. The van der Waals surface area contributed by atoms with Crippen molar-refractivity contribution in [3.63, 3.8) is 0 Å². The highest BCUT2D eigenvalue weighted by molar-refractivity contribution is 7.90. The second kappa shape index (κ2) is 9.08. The van der Waals surface area contributed by atoms with Crippen LogP contribution >= 0.6 is 0 Å². The number of nitrogens with one attached hydrogen (secondary N) is 1. The first-order valence-electron chi connectivity index (χ1n) is 10.9. The molecule has 2 aliphatic heterocycles. The van der Waals surface area contributed by atoms with Gasteiger partial charge in [-0.2, -0.15) is 0 Å². The highest BCUT2D eigenvalue weighted by atomic mass is 32.2. The summed E-state index contributed by atoms with van der Waals surface area (Å²) in [5, 5.41) is 2.76.